The zero-order valence-electron chi connectivity index (χ0n) is 18.2. The number of rotatable bonds is 4. The molecule has 5 rings (SSSR count). The Morgan fingerprint density at radius 3 is 2.82 bits per heavy atom. The first kappa shape index (κ1) is 21.3. The molecule has 1 unspecified atom stereocenters. The lowest BCUT2D eigenvalue weighted by atomic mass is 10.1. The molecule has 0 aliphatic carbocycles. The normalized spacial score (nSPS) is 18.9. The van der Waals surface area contributed by atoms with Gasteiger partial charge in [0.05, 0.1) is 23.5 Å². The highest BCUT2D eigenvalue weighted by molar-refractivity contribution is 6.31. The standard InChI is InChI=1S/C23H22ClN5O4/c1-3-18-22(32)29(17-10-13(24)4-7-19(17)33-18)12-20(30)26-14-5-6-16-15(11-14)21(31)27(2)23-25-8-9-28(16)23/h4-7,10-11,18H,3,8-9,12H2,1-2H3,(H,26,30). The van der Waals surface area contributed by atoms with Crippen molar-refractivity contribution in [1.82, 2.24) is 4.90 Å². The van der Waals surface area contributed by atoms with Gasteiger partial charge in [0.15, 0.2) is 6.10 Å². The first-order valence-corrected chi connectivity index (χ1v) is 11.1. The molecule has 1 atom stereocenters. The van der Waals surface area contributed by atoms with Gasteiger partial charge in [-0.05, 0) is 42.8 Å². The van der Waals surface area contributed by atoms with E-state index in [2.05, 4.69) is 10.3 Å². The van der Waals surface area contributed by atoms with Crippen molar-refractivity contribution in [3.63, 3.8) is 0 Å². The quantitative estimate of drug-likeness (QED) is 0.746. The van der Waals surface area contributed by atoms with Gasteiger partial charge in [-0.25, -0.2) is 0 Å². The molecule has 0 aromatic heterocycles. The molecule has 3 amide bonds. The highest BCUT2D eigenvalue weighted by Gasteiger charge is 2.36. The van der Waals surface area contributed by atoms with Crippen LogP contribution >= 0.6 is 11.6 Å². The largest absolute Gasteiger partial charge is 0.478 e. The fraction of sp³-hybridized carbons (Fsp3) is 0.304. The van der Waals surface area contributed by atoms with Crippen LogP contribution in [0, 0.1) is 0 Å². The summed E-state index contributed by atoms with van der Waals surface area (Å²) >= 11 is 6.12. The third-order valence-electron chi connectivity index (χ3n) is 5.92. The minimum absolute atomic E-state index is 0.185. The summed E-state index contributed by atoms with van der Waals surface area (Å²) in [4.78, 5) is 47.9. The molecule has 0 saturated heterocycles. The Balaban J connectivity index is 1.38. The van der Waals surface area contributed by atoms with E-state index in [9.17, 15) is 14.4 Å². The molecule has 1 N–H and O–H groups in total. The van der Waals surface area contributed by atoms with Crippen LogP contribution in [0.3, 0.4) is 0 Å². The Morgan fingerprint density at radius 1 is 1.21 bits per heavy atom. The molecule has 2 aromatic rings. The monoisotopic (exact) mass is 467 g/mol. The second-order valence-corrected chi connectivity index (χ2v) is 8.47. The summed E-state index contributed by atoms with van der Waals surface area (Å²) in [5, 5.41) is 3.24. The van der Waals surface area contributed by atoms with Crippen LogP contribution in [0.1, 0.15) is 23.7 Å². The van der Waals surface area contributed by atoms with Crippen LogP contribution in [0.15, 0.2) is 41.4 Å². The summed E-state index contributed by atoms with van der Waals surface area (Å²) in [5.74, 6) is 0.259. The van der Waals surface area contributed by atoms with Gasteiger partial charge >= 0.3 is 0 Å². The predicted molar refractivity (Wildman–Crippen MR) is 125 cm³/mol. The summed E-state index contributed by atoms with van der Waals surface area (Å²) in [6, 6.07) is 10.2. The number of benzene rings is 2. The number of guanidine groups is 1. The van der Waals surface area contributed by atoms with E-state index in [0.717, 1.165) is 5.69 Å². The lowest BCUT2D eigenvalue weighted by Gasteiger charge is -2.34. The van der Waals surface area contributed by atoms with E-state index in [0.29, 0.717) is 53.2 Å². The molecule has 0 radical (unpaired) electrons. The van der Waals surface area contributed by atoms with Gasteiger partial charge in [0.2, 0.25) is 11.9 Å². The number of ether oxygens (including phenoxy) is 1. The van der Waals surface area contributed by atoms with Gasteiger partial charge in [0.25, 0.3) is 11.8 Å². The number of halogens is 1. The predicted octanol–water partition coefficient (Wildman–Crippen LogP) is 2.74. The van der Waals surface area contributed by atoms with Crippen LogP contribution in [0.25, 0.3) is 0 Å². The van der Waals surface area contributed by atoms with Gasteiger partial charge in [0.1, 0.15) is 12.3 Å². The molecule has 9 nitrogen and oxygen atoms in total. The first-order valence-electron chi connectivity index (χ1n) is 10.7. The summed E-state index contributed by atoms with van der Waals surface area (Å²) < 4.78 is 5.76. The molecular formula is C23H22ClN5O4. The fourth-order valence-electron chi connectivity index (χ4n) is 4.31. The molecule has 3 aliphatic heterocycles. The maximum absolute atomic E-state index is 12.9. The van der Waals surface area contributed by atoms with Crippen molar-refractivity contribution in [2.24, 2.45) is 4.99 Å². The van der Waals surface area contributed by atoms with Gasteiger partial charge in [0, 0.05) is 24.3 Å². The molecule has 0 bridgehead atoms. The summed E-state index contributed by atoms with van der Waals surface area (Å²) in [6.07, 6.45) is -0.193. The molecule has 2 aromatic carbocycles. The van der Waals surface area contributed by atoms with E-state index in [1.165, 1.54) is 9.80 Å². The molecule has 33 heavy (non-hydrogen) atoms. The molecule has 3 aliphatic rings. The molecule has 10 heteroatoms. The minimum atomic E-state index is -0.667. The van der Waals surface area contributed by atoms with E-state index < -0.39 is 12.0 Å². The number of aliphatic imine (C=N–C) groups is 1. The number of hydrogen-bond donors (Lipinski definition) is 1. The van der Waals surface area contributed by atoms with Crippen molar-refractivity contribution < 1.29 is 19.1 Å². The average Bonchev–Trinajstić information content (AvgIpc) is 3.29. The number of hydrogen-bond acceptors (Lipinski definition) is 6. The van der Waals surface area contributed by atoms with Crippen molar-refractivity contribution >= 4 is 52.3 Å². The number of fused-ring (bicyclic) bond motifs is 4. The minimum Gasteiger partial charge on any atom is -0.478 e. The Labute approximate surface area is 195 Å². The van der Waals surface area contributed by atoms with Crippen molar-refractivity contribution in [2.75, 3.05) is 41.8 Å². The van der Waals surface area contributed by atoms with Crippen LogP contribution < -0.4 is 19.9 Å². The summed E-state index contributed by atoms with van der Waals surface area (Å²) in [6.45, 7) is 2.97. The zero-order valence-corrected chi connectivity index (χ0v) is 18.9. The molecular weight excluding hydrogens is 446 g/mol. The lowest BCUT2D eigenvalue weighted by Crippen LogP contribution is -2.48. The third-order valence-corrected chi connectivity index (χ3v) is 6.15. The number of amides is 3. The lowest BCUT2D eigenvalue weighted by molar-refractivity contribution is -0.128. The number of nitrogens with zero attached hydrogens (tertiary/aromatic N) is 4. The second kappa shape index (κ2) is 8.08. The fourth-order valence-corrected chi connectivity index (χ4v) is 4.47. The van der Waals surface area contributed by atoms with Crippen LogP contribution in [-0.2, 0) is 9.59 Å². The zero-order chi connectivity index (χ0) is 23.3. The van der Waals surface area contributed by atoms with Gasteiger partial charge < -0.3 is 15.0 Å². The smallest absolute Gasteiger partial charge is 0.268 e. The number of nitrogens with one attached hydrogen (secondary N) is 1. The Morgan fingerprint density at radius 2 is 2.03 bits per heavy atom. The highest BCUT2D eigenvalue weighted by atomic mass is 35.5. The topological polar surface area (TPSA) is 94.6 Å². The van der Waals surface area contributed by atoms with Crippen molar-refractivity contribution in [1.29, 1.82) is 0 Å². The van der Waals surface area contributed by atoms with Gasteiger partial charge in [-0.15, -0.1) is 0 Å². The van der Waals surface area contributed by atoms with Crippen LogP contribution in [-0.4, -0.2) is 61.4 Å². The average molecular weight is 468 g/mol. The Kier molecular flexibility index (Phi) is 5.20. The number of anilines is 3. The van der Waals surface area contributed by atoms with E-state index in [1.54, 1.807) is 43.4 Å². The van der Waals surface area contributed by atoms with Gasteiger partial charge in [-0.3, -0.25) is 29.2 Å². The highest BCUT2D eigenvalue weighted by Crippen LogP contribution is 2.37. The molecule has 0 spiro atoms. The Hall–Kier alpha value is -3.59. The van der Waals surface area contributed by atoms with Crippen molar-refractivity contribution in [3.05, 3.63) is 47.0 Å². The van der Waals surface area contributed by atoms with E-state index in [1.807, 2.05) is 11.8 Å². The maximum atomic E-state index is 12.9. The maximum Gasteiger partial charge on any atom is 0.268 e. The van der Waals surface area contributed by atoms with Crippen molar-refractivity contribution in [3.8, 4) is 5.75 Å². The van der Waals surface area contributed by atoms with E-state index in [-0.39, 0.29) is 18.4 Å². The van der Waals surface area contributed by atoms with Crippen LogP contribution in [0.5, 0.6) is 5.75 Å². The van der Waals surface area contributed by atoms with E-state index >= 15 is 0 Å². The summed E-state index contributed by atoms with van der Waals surface area (Å²) in [5.41, 5.74) is 2.18. The number of carbonyl (C=O) groups is 3. The molecule has 0 fully saturated rings. The molecule has 3 heterocycles. The number of carbonyl (C=O) groups excluding carboxylic acids is 3. The first-order chi connectivity index (χ1) is 15.9. The molecule has 170 valence electrons. The van der Waals surface area contributed by atoms with Crippen molar-refractivity contribution in [2.45, 2.75) is 19.4 Å². The van der Waals surface area contributed by atoms with Gasteiger partial charge in [-0.1, -0.05) is 18.5 Å². The summed E-state index contributed by atoms with van der Waals surface area (Å²) in [7, 11) is 1.68. The second-order valence-electron chi connectivity index (χ2n) is 8.03. The third kappa shape index (κ3) is 3.58. The van der Waals surface area contributed by atoms with Gasteiger partial charge in [-0.2, -0.15) is 0 Å². The SMILES string of the molecule is CCC1Oc2ccc(Cl)cc2N(CC(=O)Nc2ccc3c(c2)C(=O)N(C)C2=NCCN23)C1=O. The molecule has 0 saturated carbocycles. The van der Waals surface area contributed by atoms with E-state index in [4.69, 9.17) is 16.3 Å². The Bertz CT molecular complexity index is 1210. The van der Waals surface area contributed by atoms with Crippen LogP contribution in [0.2, 0.25) is 5.02 Å². The van der Waals surface area contributed by atoms with Crippen LogP contribution in [0.4, 0.5) is 17.1 Å².